The van der Waals surface area contributed by atoms with Crippen molar-refractivity contribution in [1.29, 1.82) is 0 Å². The van der Waals surface area contributed by atoms with E-state index in [1.165, 1.54) is 43.5 Å². The highest BCUT2D eigenvalue weighted by atomic mass is 16.5. The molecule has 0 bridgehead atoms. The van der Waals surface area contributed by atoms with Crippen LogP contribution in [0.1, 0.15) is 36.4 Å². The van der Waals surface area contributed by atoms with Gasteiger partial charge in [-0.2, -0.15) is 0 Å². The molecule has 2 atom stereocenters. The predicted octanol–water partition coefficient (Wildman–Crippen LogP) is 2.27. The average Bonchev–Trinajstić information content (AvgIpc) is 2.93. The first-order valence-electron chi connectivity index (χ1n) is 7.50. The third-order valence-electron chi connectivity index (χ3n) is 4.43. The monoisotopic (exact) mass is 260 g/mol. The topological polar surface area (TPSA) is 33.3 Å². The van der Waals surface area contributed by atoms with E-state index in [0.29, 0.717) is 6.04 Å². The van der Waals surface area contributed by atoms with Gasteiger partial charge in [0.2, 0.25) is 0 Å². The maximum Gasteiger partial charge on any atom is 0.122 e. The van der Waals surface area contributed by atoms with Gasteiger partial charge in [-0.3, -0.25) is 0 Å². The average molecular weight is 260 g/mol. The summed E-state index contributed by atoms with van der Waals surface area (Å²) in [5, 5.41) is 7.00. The first-order valence-corrected chi connectivity index (χ1v) is 7.50. The number of fused-ring (bicyclic) bond motifs is 1. The van der Waals surface area contributed by atoms with Gasteiger partial charge in [-0.25, -0.2) is 0 Å². The lowest BCUT2D eigenvalue weighted by molar-refractivity contribution is 0.322. The minimum atomic E-state index is 0.468. The van der Waals surface area contributed by atoms with Gasteiger partial charge in [0.1, 0.15) is 5.75 Å². The summed E-state index contributed by atoms with van der Waals surface area (Å²) in [7, 11) is 2.07. The Morgan fingerprint density at radius 3 is 3.21 bits per heavy atom. The molecule has 2 heterocycles. The van der Waals surface area contributed by atoms with Crippen LogP contribution >= 0.6 is 0 Å². The van der Waals surface area contributed by atoms with E-state index in [1.807, 2.05) is 0 Å². The van der Waals surface area contributed by atoms with Crippen LogP contribution in [-0.4, -0.2) is 26.7 Å². The SMILES string of the molecule is CNC(CC1CCCNC1)c1ccc2c(c1)CCO2. The lowest BCUT2D eigenvalue weighted by Crippen LogP contribution is -2.32. The third-order valence-corrected chi connectivity index (χ3v) is 4.43. The molecule has 0 spiro atoms. The van der Waals surface area contributed by atoms with Crippen molar-refractivity contribution in [1.82, 2.24) is 10.6 Å². The Hall–Kier alpha value is -1.06. The van der Waals surface area contributed by atoms with Crippen LogP contribution in [0.15, 0.2) is 18.2 Å². The normalized spacial score (nSPS) is 23.7. The summed E-state index contributed by atoms with van der Waals surface area (Å²) >= 11 is 0. The van der Waals surface area contributed by atoms with Gasteiger partial charge in [-0.15, -0.1) is 0 Å². The van der Waals surface area contributed by atoms with Gasteiger partial charge < -0.3 is 15.4 Å². The fourth-order valence-corrected chi connectivity index (χ4v) is 3.30. The van der Waals surface area contributed by atoms with Gasteiger partial charge in [-0.1, -0.05) is 12.1 Å². The molecule has 2 aliphatic heterocycles. The Labute approximate surface area is 115 Å². The quantitative estimate of drug-likeness (QED) is 0.871. The van der Waals surface area contributed by atoms with Gasteiger partial charge >= 0.3 is 0 Å². The van der Waals surface area contributed by atoms with E-state index in [2.05, 4.69) is 35.9 Å². The van der Waals surface area contributed by atoms with E-state index in [1.54, 1.807) is 0 Å². The van der Waals surface area contributed by atoms with E-state index >= 15 is 0 Å². The second kappa shape index (κ2) is 5.93. The molecule has 0 saturated carbocycles. The van der Waals surface area contributed by atoms with Crippen molar-refractivity contribution < 1.29 is 4.74 Å². The van der Waals surface area contributed by atoms with E-state index in [-0.39, 0.29) is 0 Å². The summed E-state index contributed by atoms with van der Waals surface area (Å²) in [4.78, 5) is 0. The fraction of sp³-hybridized carbons (Fsp3) is 0.625. The molecule has 1 aromatic carbocycles. The second-order valence-electron chi connectivity index (χ2n) is 5.75. The van der Waals surface area contributed by atoms with Crippen LogP contribution in [0.3, 0.4) is 0 Å². The zero-order valence-electron chi connectivity index (χ0n) is 11.7. The number of nitrogens with one attached hydrogen (secondary N) is 2. The lowest BCUT2D eigenvalue weighted by Gasteiger charge is -2.27. The molecule has 1 fully saturated rings. The summed E-state index contributed by atoms with van der Waals surface area (Å²) in [5.41, 5.74) is 2.79. The molecule has 1 saturated heterocycles. The molecule has 2 aliphatic rings. The van der Waals surface area contributed by atoms with Crippen LogP contribution < -0.4 is 15.4 Å². The second-order valence-corrected chi connectivity index (χ2v) is 5.75. The first kappa shape index (κ1) is 12.9. The molecule has 2 N–H and O–H groups in total. The largest absolute Gasteiger partial charge is 0.493 e. The maximum atomic E-state index is 5.59. The Bertz CT molecular complexity index is 427. The summed E-state index contributed by atoms with van der Waals surface area (Å²) in [6, 6.07) is 7.17. The first-order chi connectivity index (χ1) is 9.36. The van der Waals surface area contributed by atoms with Crippen LogP contribution in [0.4, 0.5) is 0 Å². The number of hydrogen-bond donors (Lipinski definition) is 2. The molecule has 19 heavy (non-hydrogen) atoms. The summed E-state index contributed by atoms with van der Waals surface area (Å²) in [6.07, 6.45) is 4.96. The van der Waals surface area contributed by atoms with Gasteiger partial charge in [0.15, 0.2) is 0 Å². The molecule has 104 valence electrons. The summed E-state index contributed by atoms with van der Waals surface area (Å²) < 4.78 is 5.59. The van der Waals surface area contributed by atoms with Gasteiger partial charge in [0.05, 0.1) is 6.61 Å². The van der Waals surface area contributed by atoms with Crippen LogP contribution in [0.5, 0.6) is 5.75 Å². The van der Waals surface area contributed by atoms with Crippen molar-refractivity contribution in [2.24, 2.45) is 5.92 Å². The highest BCUT2D eigenvalue weighted by molar-refractivity contribution is 5.40. The standard InChI is InChI=1S/C16H24N2O/c1-17-15(9-12-3-2-7-18-11-12)13-4-5-16-14(10-13)6-8-19-16/h4-5,10,12,15,17-18H,2-3,6-9,11H2,1H3. The van der Waals surface area contributed by atoms with Crippen LogP contribution in [0, 0.1) is 5.92 Å². The van der Waals surface area contributed by atoms with E-state index in [9.17, 15) is 0 Å². The Kier molecular flexibility index (Phi) is 4.04. The van der Waals surface area contributed by atoms with Gasteiger partial charge in [-0.05, 0) is 62.5 Å². The Balaban J connectivity index is 1.70. The van der Waals surface area contributed by atoms with Crippen molar-refractivity contribution >= 4 is 0 Å². The molecule has 3 heteroatoms. The number of hydrogen-bond acceptors (Lipinski definition) is 3. The van der Waals surface area contributed by atoms with Crippen LogP contribution in [0.2, 0.25) is 0 Å². The zero-order valence-corrected chi connectivity index (χ0v) is 11.7. The predicted molar refractivity (Wildman–Crippen MR) is 77.7 cm³/mol. The zero-order chi connectivity index (χ0) is 13.1. The fourth-order valence-electron chi connectivity index (χ4n) is 3.30. The smallest absolute Gasteiger partial charge is 0.122 e. The van der Waals surface area contributed by atoms with Crippen molar-refractivity contribution in [3.8, 4) is 5.75 Å². The third kappa shape index (κ3) is 2.93. The number of rotatable bonds is 4. The molecule has 3 rings (SSSR count). The molecule has 0 radical (unpaired) electrons. The minimum Gasteiger partial charge on any atom is -0.493 e. The van der Waals surface area contributed by atoms with Crippen molar-refractivity contribution in [2.75, 3.05) is 26.7 Å². The molecule has 2 unspecified atom stereocenters. The number of benzene rings is 1. The van der Waals surface area contributed by atoms with Gasteiger partial charge in [0.25, 0.3) is 0 Å². The summed E-state index contributed by atoms with van der Waals surface area (Å²) in [6.45, 7) is 3.21. The highest BCUT2D eigenvalue weighted by Gasteiger charge is 2.20. The lowest BCUT2D eigenvalue weighted by atomic mass is 9.89. The summed E-state index contributed by atoms with van der Waals surface area (Å²) in [5.74, 6) is 1.88. The Morgan fingerprint density at radius 2 is 2.42 bits per heavy atom. The van der Waals surface area contributed by atoms with E-state index in [0.717, 1.165) is 24.7 Å². The molecule has 3 nitrogen and oxygen atoms in total. The van der Waals surface area contributed by atoms with E-state index in [4.69, 9.17) is 4.74 Å². The molecular weight excluding hydrogens is 236 g/mol. The highest BCUT2D eigenvalue weighted by Crippen LogP contribution is 2.31. The minimum absolute atomic E-state index is 0.468. The Morgan fingerprint density at radius 1 is 1.47 bits per heavy atom. The maximum absolute atomic E-state index is 5.59. The number of ether oxygens (including phenoxy) is 1. The van der Waals surface area contributed by atoms with Gasteiger partial charge in [0, 0.05) is 12.5 Å². The van der Waals surface area contributed by atoms with Crippen molar-refractivity contribution in [3.05, 3.63) is 29.3 Å². The number of piperidine rings is 1. The van der Waals surface area contributed by atoms with Crippen LogP contribution in [-0.2, 0) is 6.42 Å². The van der Waals surface area contributed by atoms with Crippen LogP contribution in [0.25, 0.3) is 0 Å². The molecule has 1 aromatic rings. The molecule has 0 aromatic heterocycles. The van der Waals surface area contributed by atoms with E-state index < -0.39 is 0 Å². The molecule has 0 amide bonds. The van der Waals surface area contributed by atoms with Crippen molar-refractivity contribution in [3.63, 3.8) is 0 Å². The van der Waals surface area contributed by atoms with Crippen molar-refractivity contribution in [2.45, 2.75) is 31.7 Å². The molecular formula is C16H24N2O. The molecule has 0 aliphatic carbocycles.